The van der Waals surface area contributed by atoms with Gasteiger partial charge in [-0.3, -0.25) is 10.1 Å². The molecular weight excluding hydrogens is 383 g/mol. The number of nitrogens with one attached hydrogen (secondary N) is 1. The van der Waals surface area contributed by atoms with Crippen molar-refractivity contribution in [3.05, 3.63) is 99.9 Å². The second kappa shape index (κ2) is 7.77. The molecule has 0 amide bonds. The third kappa shape index (κ3) is 4.34. The number of benzene rings is 3. The molecule has 3 rings (SSSR count). The van der Waals surface area contributed by atoms with Crippen LogP contribution in [0.3, 0.4) is 0 Å². The van der Waals surface area contributed by atoms with Gasteiger partial charge >= 0.3 is 0 Å². The molecular formula is C20H17FN2O4S. The van der Waals surface area contributed by atoms with E-state index in [2.05, 4.69) is 5.32 Å². The van der Waals surface area contributed by atoms with Crippen LogP contribution < -0.4 is 5.32 Å². The lowest BCUT2D eigenvalue weighted by Gasteiger charge is -2.21. The summed E-state index contributed by atoms with van der Waals surface area (Å²) in [5.41, 5.74) is 1.10. The molecule has 0 aliphatic rings. The number of nitro groups is 1. The molecule has 0 radical (unpaired) electrons. The van der Waals surface area contributed by atoms with Crippen LogP contribution in [0.2, 0.25) is 0 Å². The van der Waals surface area contributed by atoms with Gasteiger partial charge in [-0.1, -0.05) is 42.5 Å². The SMILES string of the molecule is CS(=O)(=O)c1cccc(C(Nc2ccc(F)cc2[N+](=O)[O-])c2ccccc2)c1. The minimum atomic E-state index is -3.43. The van der Waals surface area contributed by atoms with Crippen molar-refractivity contribution in [1.29, 1.82) is 0 Å². The smallest absolute Gasteiger partial charge is 0.295 e. The molecule has 0 aromatic heterocycles. The molecule has 3 aromatic rings. The fourth-order valence-electron chi connectivity index (χ4n) is 2.86. The normalized spacial score (nSPS) is 12.4. The first kappa shape index (κ1) is 19.5. The number of anilines is 1. The van der Waals surface area contributed by atoms with Gasteiger partial charge in [0.2, 0.25) is 0 Å². The maximum atomic E-state index is 13.5. The molecule has 0 saturated carbocycles. The highest BCUT2D eigenvalue weighted by Gasteiger charge is 2.21. The summed E-state index contributed by atoms with van der Waals surface area (Å²) < 4.78 is 37.3. The highest BCUT2D eigenvalue weighted by Crippen LogP contribution is 2.33. The molecule has 1 unspecified atom stereocenters. The van der Waals surface area contributed by atoms with Gasteiger partial charge in [-0.05, 0) is 35.4 Å². The molecule has 0 bridgehead atoms. The predicted molar refractivity (Wildman–Crippen MR) is 105 cm³/mol. The number of rotatable bonds is 6. The van der Waals surface area contributed by atoms with Crippen molar-refractivity contribution in [2.24, 2.45) is 0 Å². The van der Waals surface area contributed by atoms with E-state index in [-0.39, 0.29) is 10.6 Å². The molecule has 0 saturated heterocycles. The largest absolute Gasteiger partial charge is 0.369 e. The number of nitrogens with zero attached hydrogens (tertiary/aromatic N) is 1. The summed E-state index contributed by atoms with van der Waals surface area (Å²) in [6.07, 6.45) is 1.11. The van der Waals surface area contributed by atoms with Crippen molar-refractivity contribution in [3.63, 3.8) is 0 Å². The Balaban J connectivity index is 2.12. The van der Waals surface area contributed by atoms with Gasteiger partial charge in [-0.25, -0.2) is 12.8 Å². The average molecular weight is 400 g/mol. The zero-order valence-corrected chi connectivity index (χ0v) is 15.7. The molecule has 144 valence electrons. The van der Waals surface area contributed by atoms with E-state index >= 15 is 0 Å². The molecule has 1 atom stereocenters. The Labute approximate surface area is 161 Å². The van der Waals surface area contributed by atoms with E-state index in [0.717, 1.165) is 24.0 Å². The second-order valence-corrected chi connectivity index (χ2v) is 8.27. The quantitative estimate of drug-likeness (QED) is 0.491. The zero-order chi connectivity index (χ0) is 20.3. The van der Waals surface area contributed by atoms with E-state index < -0.39 is 32.3 Å². The molecule has 0 aliphatic heterocycles. The Morgan fingerprint density at radius 3 is 2.29 bits per heavy atom. The number of sulfone groups is 1. The van der Waals surface area contributed by atoms with E-state index in [1.807, 2.05) is 30.3 Å². The van der Waals surface area contributed by atoms with Gasteiger partial charge < -0.3 is 5.32 Å². The van der Waals surface area contributed by atoms with E-state index in [1.54, 1.807) is 12.1 Å². The van der Waals surface area contributed by atoms with Crippen molar-refractivity contribution < 1.29 is 17.7 Å². The third-order valence-electron chi connectivity index (χ3n) is 4.21. The van der Waals surface area contributed by atoms with Crippen LogP contribution in [0.25, 0.3) is 0 Å². The number of hydrogen-bond acceptors (Lipinski definition) is 5. The van der Waals surface area contributed by atoms with Crippen molar-refractivity contribution in [3.8, 4) is 0 Å². The Hall–Kier alpha value is -3.26. The summed E-state index contributed by atoms with van der Waals surface area (Å²) >= 11 is 0. The Morgan fingerprint density at radius 1 is 0.964 bits per heavy atom. The van der Waals surface area contributed by atoms with Gasteiger partial charge in [0.15, 0.2) is 9.84 Å². The van der Waals surface area contributed by atoms with Crippen LogP contribution in [-0.2, 0) is 9.84 Å². The first-order valence-corrected chi connectivity index (χ1v) is 10.2. The number of hydrogen-bond donors (Lipinski definition) is 1. The minimum Gasteiger partial charge on any atom is -0.369 e. The van der Waals surface area contributed by atoms with E-state index in [1.165, 1.54) is 18.2 Å². The highest BCUT2D eigenvalue weighted by atomic mass is 32.2. The zero-order valence-electron chi connectivity index (χ0n) is 14.9. The van der Waals surface area contributed by atoms with Crippen LogP contribution in [0.4, 0.5) is 15.8 Å². The van der Waals surface area contributed by atoms with Crippen molar-refractivity contribution in [1.82, 2.24) is 0 Å². The molecule has 1 N–H and O–H groups in total. The van der Waals surface area contributed by atoms with Crippen LogP contribution >= 0.6 is 0 Å². The molecule has 6 nitrogen and oxygen atoms in total. The van der Waals surface area contributed by atoms with Gasteiger partial charge in [0.1, 0.15) is 11.5 Å². The van der Waals surface area contributed by atoms with E-state index in [4.69, 9.17) is 0 Å². The first-order chi connectivity index (χ1) is 13.3. The number of nitro benzene ring substituents is 1. The average Bonchev–Trinajstić information content (AvgIpc) is 2.67. The third-order valence-corrected chi connectivity index (χ3v) is 5.32. The number of halogens is 1. The summed E-state index contributed by atoms with van der Waals surface area (Å²) in [6, 6.07) is 18.1. The molecule has 3 aromatic carbocycles. The van der Waals surface area contributed by atoms with Crippen molar-refractivity contribution in [2.75, 3.05) is 11.6 Å². The van der Waals surface area contributed by atoms with Crippen LogP contribution in [0, 0.1) is 15.9 Å². The maximum Gasteiger partial charge on any atom is 0.295 e. The fourth-order valence-corrected chi connectivity index (χ4v) is 3.54. The van der Waals surface area contributed by atoms with E-state index in [9.17, 15) is 22.9 Å². The lowest BCUT2D eigenvalue weighted by atomic mass is 9.98. The maximum absolute atomic E-state index is 13.5. The summed E-state index contributed by atoms with van der Waals surface area (Å²) in [5, 5.41) is 14.4. The summed E-state index contributed by atoms with van der Waals surface area (Å²) in [6.45, 7) is 0. The van der Waals surface area contributed by atoms with Crippen molar-refractivity contribution >= 4 is 21.2 Å². The van der Waals surface area contributed by atoms with E-state index in [0.29, 0.717) is 5.56 Å². The topological polar surface area (TPSA) is 89.3 Å². The summed E-state index contributed by atoms with van der Waals surface area (Å²) in [5.74, 6) is -0.715. The van der Waals surface area contributed by atoms with Crippen LogP contribution in [0.15, 0.2) is 77.7 Å². The monoisotopic (exact) mass is 400 g/mol. The first-order valence-electron chi connectivity index (χ1n) is 8.31. The predicted octanol–water partition coefficient (Wildman–Crippen LogP) is 4.34. The van der Waals surface area contributed by atoms with Crippen LogP contribution in [-0.4, -0.2) is 19.6 Å². The van der Waals surface area contributed by atoms with Crippen LogP contribution in [0.5, 0.6) is 0 Å². The molecule has 0 aliphatic carbocycles. The van der Waals surface area contributed by atoms with Gasteiger partial charge in [0, 0.05) is 6.26 Å². The Bertz CT molecular complexity index is 1120. The van der Waals surface area contributed by atoms with Gasteiger partial charge in [0.05, 0.1) is 21.9 Å². The standard InChI is InChI=1S/C20H17FN2O4S/c1-28(26,27)17-9-5-8-15(12-17)20(14-6-3-2-4-7-14)22-18-11-10-16(21)13-19(18)23(24)25/h2-13,20,22H,1H3. The summed E-state index contributed by atoms with van der Waals surface area (Å²) in [4.78, 5) is 10.8. The minimum absolute atomic E-state index is 0.130. The molecule has 0 spiro atoms. The fraction of sp³-hybridized carbons (Fsp3) is 0.100. The second-order valence-electron chi connectivity index (χ2n) is 6.25. The molecule has 0 heterocycles. The highest BCUT2D eigenvalue weighted by molar-refractivity contribution is 7.90. The lowest BCUT2D eigenvalue weighted by Crippen LogP contribution is -2.14. The Kier molecular flexibility index (Phi) is 5.41. The van der Waals surface area contributed by atoms with Gasteiger partial charge in [-0.2, -0.15) is 0 Å². The lowest BCUT2D eigenvalue weighted by molar-refractivity contribution is -0.384. The Morgan fingerprint density at radius 2 is 1.64 bits per heavy atom. The molecule has 28 heavy (non-hydrogen) atoms. The van der Waals surface area contributed by atoms with Gasteiger partial charge in [-0.15, -0.1) is 0 Å². The van der Waals surface area contributed by atoms with Crippen molar-refractivity contribution in [2.45, 2.75) is 10.9 Å². The molecule has 0 fully saturated rings. The summed E-state index contributed by atoms with van der Waals surface area (Å²) in [7, 11) is -3.43. The van der Waals surface area contributed by atoms with Gasteiger partial charge in [0.25, 0.3) is 5.69 Å². The van der Waals surface area contributed by atoms with Crippen LogP contribution in [0.1, 0.15) is 17.2 Å². The molecule has 8 heteroatoms.